The third-order valence-electron chi connectivity index (χ3n) is 3.83. The number of ether oxygens (including phenoxy) is 3. The van der Waals surface area contributed by atoms with Crippen LogP contribution in [0.4, 0.5) is 0 Å². The quantitative estimate of drug-likeness (QED) is 0.659. The molecule has 0 aliphatic rings. The molecule has 0 spiro atoms. The van der Waals surface area contributed by atoms with Crippen LogP contribution in [0.3, 0.4) is 0 Å². The number of aromatic nitrogens is 2. The summed E-state index contributed by atoms with van der Waals surface area (Å²) in [6.45, 7) is 1.60. The number of nitrogens with zero attached hydrogens (tertiary/aromatic N) is 2. The van der Waals surface area contributed by atoms with Crippen LogP contribution < -0.4 is 9.47 Å². The Hall–Kier alpha value is -3.55. The van der Waals surface area contributed by atoms with Gasteiger partial charge in [0, 0.05) is 11.6 Å². The molecule has 8 nitrogen and oxygen atoms in total. The monoisotopic (exact) mass is 370 g/mol. The van der Waals surface area contributed by atoms with Crippen LogP contribution in [0.25, 0.3) is 11.5 Å². The molecule has 1 unspecified atom stereocenters. The maximum atomic E-state index is 12.3. The molecule has 0 amide bonds. The Bertz CT molecular complexity index is 936. The number of aromatic hydroxyl groups is 1. The molecule has 1 atom stereocenters. The summed E-state index contributed by atoms with van der Waals surface area (Å²) in [5, 5.41) is 17.8. The first-order valence-electron chi connectivity index (χ1n) is 8.07. The largest absolute Gasteiger partial charge is 0.507 e. The highest BCUT2D eigenvalue weighted by atomic mass is 16.6. The highest BCUT2D eigenvalue weighted by molar-refractivity contribution is 5.92. The zero-order valence-electron chi connectivity index (χ0n) is 15.0. The third kappa shape index (κ3) is 4.00. The van der Waals surface area contributed by atoms with Gasteiger partial charge in [0.05, 0.1) is 14.2 Å². The summed E-state index contributed by atoms with van der Waals surface area (Å²) in [4.78, 5) is 12.3. The van der Waals surface area contributed by atoms with E-state index in [0.29, 0.717) is 23.0 Å². The minimum atomic E-state index is -0.793. The van der Waals surface area contributed by atoms with Gasteiger partial charge in [0.25, 0.3) is 5.89 Å². The lowest BCUT2D eigenvalue weighted by atomic mass is 10.2. The van der Waals surface area contributed by atoms with E-state index in [4.69, 9.17) is 18.6 Å². The predicted molar refractivity (Wildman–Crippen MR) is 94.8 cm³/mol. The van der Waals surface area contributed by atoms with Crippen LogP contribution in [0.5, 0.6) is 17.2 Å². The Labute approximate surface area is 155 Å². The Morgan fingerprint density at radius 1 is 1.04 bits per heavy atom. The second-order valence-corrected chi connectivity index (χ2v) is 5.60. The van der Waals surface area contributed by atoms with E-state index in [9.17, 15) is 9.90 Å². The van der Waals surface area contributed by atoms with Gasteiger partial charge in [-0.3, -0.25) is 0 Å². The molecule has 27 heavy (non-hydrogen) atoms. The van der Waals surface area contributed by atoms with E-state index in [-0.39, 0.29) is 17.2 Å². The molecular weight excluding hydrogens is 352 g/mol. The van der Waals surface area contributed by atoms with E-state index >= 15 is 0 Å². The molecule has 140 valence electrons. The van der Waals surface area contributed by atoms with Crippen molar-refractivity contribution < 1.29 is 28.5 Å². The minimum Gasteiger partial charge on any atom is -0.507 e. The summed E-state index contributed by atoms with van der Waals surface area (Å²) in [5.74, 6) is 0.617. The molecule has 1 N–H and O–H groups in total. The van der Waals surface area contributed by atoms with Gasteiger partial charge < -0.3 is 23.7 Å². The molecule has 0 saturated heterocycles. The first-order chi connectivity index (χ1) is 13.0. The third-order valence-corrected chi connectivity index (χ3v) is 3.83. The molecule has 3 aromatic rings. The fourth-order valence-electron chi connectivity index (χ4n) is 2.33. The molecule has 0 aliphatic heterocycles. The normalized spacial score (nSPS) is 11.7. The molecule has 0 bridgehead atoms. The van der Waals surface area contributed by atoms with Crippen LogP contribution in [0.15, 0.2) is 46.9 Å². The van der Waals surface area contributed by atoms with Gasteiger partial charge >= 0.3 is 5.97 Å². The summed E-state index contributed by atoms with van der Waals surface area (Å²) >= 11 is 0. The van der Waals surface area contributed by atoms with Crippen LogP contribution in [0.1, 0.15) is 29.3 Å². The first kappa shape index (κ1) is 18.2. The van der Waals surface area contributed by atoms with Gasteiger partial charge in [-0.1, -0.05) is 0 Å². The maximum absolute atomic E-state index is 12.3. The van der Waals surface area contributed by atoms with Crippen LogP contribution in [0.2, 0.25) is 0 Å². The van der Waals surface area contributed by atoms with Crippen molar-refractivity contribution in [2.75, 3.05) is 14.2 Å². The number of methoxy groups -OCH3 is 2. The van der Waals surface area contributed by atoms with Crippen LogP contribution >= 0.6 is 0 Å². The van der Waals surface area contributed by atoms with Gasteiger partial charge in [0.15, 0.2) is 6.10 Å². The molecular formula is C19H18N2O6. The molecule has 0 saturated carbocycles. The van der Waals surface area contributed by atoms with Crippen molar-refractivity contribution in [1.82, 2.24) is 10.2 Å². The summed E-state index contributed by atoms with van der Waals surface area (Å²) in [6, 6.07) is 11.4. The van der Waals surface area contributed by atoms with Crippen molar-refractivity contribution in [2.24, 2.45) is 0 Å². The lowest BCUT2D eigenvalue weighted by molar-refractivity contribution is 0.0276. The average Bonchev–Trinajstić information content (AvgIpc) is 3.18. The van der Waals surface area contributed by atoms with Crippen molar-refractivity contribution >= 4 is 5.97 Å². The Morgan fingerprint density at radius 2 is 1.70 bits per heavy atom. The summed E-state index contributed by atoms with van der Waals surface area (Å²) in [5.41, 5.74) is 0.721. The van der Waals surface area contributed by atoms with Gasteiger partial charge in [-0.2, -0.15) is 0 Å². The molecule has 0 aliphatic carbocycles. The van der Waals surface area contributed by atoms with Crippen molar-refractivity contribution in [3.8, 4) is 28.7 Å². The molecule has 2 aromatic carbocycles. The summed E-state index contributed by atoms with van der Waals surface area (Å²) in [7, 11) is 3.04. The van der Waals surface area contributed by atoms with E-state index in [1.807, 2.05) is 0 Å². The summed E-state index contributed by atoms with van der Waals surface area (Å²) in [6.07, 6.45) is -0.793. The maximum Gasteiger partial charge on any atom is 0.342 e. The van der Waals surface area contributed by atoms with Gasteiger partial charge in [-0.15, -0.1) is 10.2 Å². The van der Waals surface area contributed by atoms with Gasteiger partial charge in [0.1, 0.15) is 22.8 Å². The average molecular weight is 370 g/mol. The number of hydrogen-bond donors (Lipinski definition) is 1. The number of rotatable bonds is 6. The van der Waals surface area contributed by atoms with Crippen molar-refractivity contribution in [2.45, 2.75) is 13.0 Å². The van der Waals surface area contributed by atoms with Crippen molar-refractivity contribution in [1.29, 1.82) is 0 Å². The van der Waals surface area contributed by atoms with Crippen LogP contribution in [0, 0.1) is 0 Å². The lowest BCUT2D eigenvalue weighted by Crippen LogP contribution is -2.10. The van der Waals surface area contributed by atoms with E-state index in [2.05, 4.69) is 10.2 Å². The smallest absolute Gasteiger partial charge is 0.342 e. The molecule has 1 aromatic heterocycles. The van der Waals surface area contributed by atoms with Gasteiger partial charge in [-0.25, -0.2) is 4.79 Å². The zero-order chi connectivity index (χ0) is 19.4. The number of phenolic OH excluding ortho intramolecular Hbond substituents is 1. The highest BCUT2D eigenvalue weighted by Crippen LogP contribution is 2.27. The minimum absolute atomic E-state index is 0.0116. The standard InChI is InChI=1S/C19H18N2O6/c1-11(26-19(23)15-9-8-14(25-3)10-16(15)22)17-20-21-18(27-17)12-4-6-13(24-2)7-5-12/h4-11,22H,1-3H3. The highest BCUT2D eigenvalue weighted by Gasteiger charge is 2.22. The SMILES string of the molecule is COc1ccc(-c2nnc(C(C)OC(=O)c3ccc(OC)cc3O)o2)cc1. The van der Waals surface area contributed by atoms with E-state index < -0.39 is 12.1 Å². The summed E-state index contributed by atoms with van der Waals surface area (Å²) < 4.78 is 21.0. The Morgan fingerprint density at radius 3 is 2.33 bits per heavy atom. The second kappa shape index (κ2) is 7.77. The second-order valence-electron chi connectivity index (χ2n) is 5.60. The van der Waals surface area contributed by atoms with E-state index in [1.54, 1.807) is 44.4 Å². The lowest BCUT2D eigenvalue weighted by Gasteiger charge is -2.11. The Balaban J connectivity index is 1.72. The fourth-order valence-corrected chi connectivity index (χ4v) is 2.33. The number of benzene rings is 2. The number of hydrogen-bond acceptors (Lipinski definition) is 8. The molecule has 0 fully saturated rings. The van der Waals surface area contributed by atoms with Crippen molar-refractivity contribution in [3.63, 3.8) is 0 Å². The number of esters is 1. The Kier molecular flexibility index (Phi) is 5.25. The fraction of sp³-hybridized carbons (Fsp3) is 0.211. The van der Waals surface area contributed by atoms with Gasteiger partial charge in [0.2, 0.25) is 5.89 Å². The molecule has 1 heterocycles. The van der Waals surface area contributed by atoms with Crippen LogP contribution in [-0.4, -0.2) is 35.5 Å². The number of phenols is 1. The number of carbonyl (C=O) groups excluding carboxylic acids is 1. The molecule has 3 rings (SSSR count). The van der Waals surface area contributed by atoms with Crippen molar-refractivity contribution in [3.05, 3.63) is 53.9 Å². The molecule has 8 heteroatoms. The topological polar surface area (TPSA) is 104 Å². The van der Waals surface area contributed by atoms with E-state index in [1.165, 1.54) is 19.2 Å². The first-order valence-corrected chi connectivity index (χ1v) is 8.07. The van der Waals surface area contributed by atoms with E-state index in [0.717, 1.165) is 0 Å². The van der Waals surface area contributed by atoms with Gasteiger partial charge in [-0.05, 0) is 43.3 Å². The van der Waals surface area contributed by atoms with Crippen LogP contribution in [-0.2, 0) is 4.74 Å². The zero-order valence-corrected chi connectivity index (χ0v) is 15.0. The number of carbonyl (C=O) groups is 1. The predicted octanol–water partition coefficient (Wildman–Crippen LogP) is 3.38. The molecule has 0 radical (unpaired) electrons.